The number of hydrogen-bond acceptors (Lipinski definition) is 3. The molecule has 1 aromatic rings. The zero-order valence-corrected chi connectivity index (χ0v) is 11.0. The predicted octanol–water partition coefficient (Wildman–Crippen LogP) is 1.73. The largest absolute Gasteiger partial charge is 0.334 e. The molecule has 2 unspecified atom stereocenters. The van der Waals surface area contributed by atoms with Gasteiger partial charge in [0.15, 0.2) is 0 Å². The minimum atomic E-state index is -0.396. The van der Waals surface area contributed by atoms with Crippen LogP contribution in [-0.4, -0.2) is 28.4 Å². The summed E-state index contributed by atoms with van der Waals surface area (Å²) in [6, 6.07) is 3.74. The summed E-state index contributed by atoms with van der Waals surface area (Å²) in [5.74, 6) is 0.250. The Morgan fingerprint density at radius 2 is 2.11 bits per heavy atom. The Balaban J connectivity index is 2.15. The molecule has 98 valence electrons. The average Bonchev–Trinajstić information content (AvgIpc) is 2.87. The summed E-state index contributed by atoms with van der Waals surface area (Å²) in [6.45, 7) is 4.78. The lowest BCUT2D eigenvalue weighted by Gasteiger charge is -2.29. The summed E-state index contributed by atoms with van der Waals surface area (Å²) < 4.78 is 0. The molecular formula is C14H21N3O. The van der Waals surface area contributed by atoms with Crippen molar-refractivity contribution in [1.82, 2.24) is 9.88 Å². The molecular weight excluding hydrogens is 226 g/mol. The second-order valence-corrected chi connectivity index (χ2v) is 5.24. The molecule has 1 fully saturated rings. The molecule has 1 aromatic heterocycles. The fourth-order valence-corrected chi connectivity index (χ4v) is 2.44. The van der Waals surface area contributed by atoms with E-state index in [-0.39, 0.29) is 17.9 Å². The fraction of sp³-hybridized carbons (Fsp3) is 0.571. The number of likely N-dealkylation sites (tertiary alicyclic amines) is 1. The second-order valence-electron chi connectivity index (χ2n) is 5.24. The van der Waals surface area contributed by atoms with Gasteiger partial charge in [-0.1, -0.05) is 13.8 Å². The van der Waals surface area contributed by atoms with Gasteiger partial charge in [-0.15, -0.1) is 0 Å². The summed E-state index contributed by atoms with van der Waals surface area (Å²) in [5.41, 5.74) is 7.14. The number of nitrogens with two attached hydrogens (primary N) is 1. The first kappa shape index (κ1) is 13.0. The molecule has 0 aliphatic carbocycles. The standard InChI is InChI=1S/C14H21N3O/c1-10(2)13(15)14(18)17-9-3-4-12(17)11-5-7-16-8-6-11/h5-8,10,12-13H,3-4,9,15H2,1-2H3. The van der Waals surface area contributed by atoms with Crippen LogP contribution in [0.4, 0.5) is 0 Å². The Hall–Kier alpha value is -1.42. The molecule has 1 amide bonds. The lowest BCUT2D eigenvalue weighted by Crippen LogP contribution is -2.46. The number of pyridine rings is 1. The van der Waals surface area contributed by atoms with E-state index in [1.165, 1.54) is 0 Å². The molecule has 2 rings (SSSR count). The maximum atomic E-state index is 12.4. The molecule has 1 aliphatic heterocycles. The molecule has 1 aliphatic rings. The first-order valence-corrected chi connectivity index (χ1v) is 6.57. The van der Waals surface area contributed by atoms with E-state index in [9.17, 15) is 4.79 Å². The van der Waals surface area contributed by atoms with Crippen LogP contribution in [0.2, 0.25) is 0 Å². The number of amides is 1. The third-order valence-electron chi connectivity index (χ3n) is 3.63. The van der Waals surface area contributed by atoms with Crippen LogP contribution >= 0.6 is 0 Å². The molecule has 2 atom stereocenters. The zero-order valence-electron chi connectivity index (χ0n) is 11.0. The molecule has 2 heterocycles. The topological polar surface area (TPSA) is 59.2 Å². The number of hydrogen-bond donors (Lipinski definition) is 1. The molecule has 4 nitrogen and oxygen atoms in total. The van der Waals surface area contributed by atoms with Crippen molar-refractivity contribution >= 4 is 5.91 Å². The van der Waals surface area contributed by atoms with Gasteiger partial charge in [0.05, 0.1) is 12.1 Å². The number of aromatic nitrogens is 1. The van der Waals surface area contributed by atoms with Crippen molar-refractivity contribution in [2.24, 2.45) is 11.7 Å². The third-order valence-corrected chi connectivity index (χ3v) is 3.63. The van der Waals surface area contributed by atoms with Crippen molar-refractivity contribution in [2.45, 2.75) is 38.8 Å². The highest BCUT2D eigenvalue weighted by atomic mass is 16.2. The lowest BCUT2D eigenvalue weighted by molar-refractivity contribution is -0.134. The quantitative estimate of drug-likeness (QED) is 0.885. The van der Waals surface area contributed by atoms with E-state index in [0.29, 0.717) is 0 Å². The van der Waals surface area contributed by atoms with Gasteiger partial charge in [-0.2, -0.15) is 0 Å². The molecule has 0 saturated carbocycles. The van der Waals surface area contributed by atoms with Crippen LogP contribution in [0.1, 0.15) is 38.3 Å². The summed E-state index contributed by atoms with van der Waals surface area (Å²) >= 11 is 0. The molecule has 0 spiro atoms. The molecule has 1 saturated heterocycles. The van der Waals surface area contributed by atoms with Crippen LogP contribution in [0.25, 0.3) is 0 Å². The molecule has 0 aromatic carbocycles. The number of rotatable bonds is 3. The Kier molecular flexibility index (Phi) is 3.97. The first-order chi connectivity index (χ1) is 8.61. The SMILES string of the molecule is CC(C)C(N)C(=O)N1CCCC1c1ccncc1. The minimum absolute atomic E-state index is 0.0734. The van der Waals surface area contributed by atoms with Crippen molar-refractivity contribution in [2.75, 3.05) is 6.54 Å². The van der Waals surface area contributed by atoms with Crippen molar-refractivity contribution in [3.63, 3.8) is 0 Å². The highest BCUT2D eigenvalue weighted by Crippen LogP contribution is 2.32. The smallest absolute Gasteiger partial charge is 0.240 e. The van der Waals surface area contributed by atoms with Crippen LogP contribution in [0.5, 0.6) is 0 Å². The van der Waals surface area contributed by atoms with Crippen LogP contribution in [0.15, 0.2) is 24.5 Å². The van der Waals surface area contributed by atoms with Crippen molar-refractivity contribution in [3.8, 4) is 0 Å². The molecule has 4 heteroatoms. The Bertz CT molecular complexity index is 405. The van der Waals surface area contributed by atoms with Gasteiger partial charge >= 0.3 is 0 Å². The van der Waals surface area contributed by atoms with Crippen LogP contribution in [-0.2, 0) is 4.79 Å². The molecule has 0 bridgehead atoms. The predicted molar refractivity (Wildman–Crippen MR) is 70.7 cm³/mol. The maximum absolute atomic E-state index is 12.4. The summed E-state index contributed by atoms with van der Waals surface area (Å²) in [4.78, 5) is 18.3. The average molecular weight is 247 g/mol. The van der Waals surface area contributed by atoms with Crippen LogP contribution in [0.3, 0.4) is 0 Å². The van der Waals surface area contributed by atoms with Gasteiger partial charge in [-0.25, -0.2) is 0 Å². The first-order valence-electron chi connectivity index (χ1n) is 6.57. The van der Waals surface area contributed by atoms with Crippen molar-refractivity contribution in [1.29, 1.82) is 0 Å². The van der Waals surface area contributed by atoms with Gasteiger partial charge in [-0.05, 0) is 36.5 Å². The van der Waals surface area contributed by atoms with Crippen LogP contribution in [0, 0.1) is 5.92 Å². The second kappa shape index (κ2) is 5.48. The number of carbonyl (C=O) groups excluding carboxylic acids is 1. The Labute approximate surface area is 108 Å². The number of nitrogens with zero attached hydrogens (tertiary/aromatic N) is 2. The van der Waals surface area contributed by atoms with Crippen molar-refractivity contribution < 1.29 is 4.79 Å². The Morgan fingerprint density at radius 3 is 2.72 bits per heavy atom. The molecule has 18 heavy (non-hydrogen) atoms. The fourth-order valence-electron chi connectivity index (χ4n) is 2.44. The Morgan fingerprint density at radius 1 is 1.44 bits per heavy atom. The number of carbonyl (C=O) groups is 1. The van der Waals surface area contributed by atoms with E-state index in [1.54, 1.807) is 12.4 Å². The lowest BCUT2D eigenvalue weighted by atomic mass is 10.0. The highest BCUT2D eigenvalue weighted by Gasteiger charge is 2.33. The highest BCUT2D eigenvalue weighted by molar-refractivity contribution is 5.82. The van der Waals surface area contributed by atoms with Gasteiger partial charge < -0.3 is 10.6 Å². The molecule has 2 N–H and O–H groups in total. The normalized spacial score (nSPS) is 21.3. The van der Waals surface area contributed by atoms with E-state index in [2.05, 4.69) is 4.98 Å². The minimum Gasteiger partial charge on any atom is -0.334 e. The van der Waals surface area contributed by atoms with E-state index in [1.807, 2.05) is 30.9 Å². The van der Waals surface area contributed by atoms with E-state index in [0.717, 1.165) is 24.9 Å². The monoisotopic (exact) mass is 247 g/mol. The van der Waals surface area contributed by atoms with E-state index >= 15 is 0 Å². The van der Waals surface area contributed by atoms with Crippen molar-refractivity contribution in [3.05, 3.63) is 30.1 Å². The van der Waals surface area contributed by atoms with Gasteiger partial charge in [-0.3, -0.25) is 9.78 Å². The van der Waals surface area contributed by atoms with Crippen LogP contribution < -0.4 is 5.73 Å². The van der Waals surface area contributed by atoms with Gasteiger partial charge in [0.25, 0.3) is 0 Å². The summed E-state index contributed by atoms with van der Waals surface area (Å²) in [5, 5.41) is 0. The van der Waals surface area contributed by atoms with Gasteiger partial charge in [0.1, 0.15) is 0 Å². The van der Waals surface area contributed by atoms with E-state index < -0.39 is 6.04 Å². The third kappa shape index (κ3) is 2.53. The summed E-state index contributed by atoms with van der Waals surface area (Å²) in [6.07, 6.45) is 5.61. The van der Waals surface area contributed by atoms with Gasteiger partial charge in [0.2, 0.25) is 5.91 Å². The summed E-state index contributed by atoms with van der Waals surface area (Å²) in [7, 11) is 0. The molecule has 0 radical (unpaired) electrons. The van der Waals surface area contributed by atoms with Gasteiger partial charge in [0, 0.05) is 18.9 Å². The zero-order chi connectivity index (χ0) is 13.1. The van der Waals surface area contributed by atoms with E-state index in [4.69, 9.17) is 5.73 Å². The maximum Gasteiger partial charge on any atom is 0.240 e.